The van der Waals surface area contributed by atoms with Crippen molar-refractivity contribution in [3.05, 3.63) is 65.2 Å². The Bertz CT molecular complexity index is 811. The molecule has 28 heavy (non-hydrogen) atoms. The van der Waals surface area contributed by atoms with E-state index in [2.05, 4.69) is 33.7 Å². The fourth-order valence-electron chi connectivity index (χ4n) is 3.75. The van der Waals surface area contributed by atoms with E-state index >= 15 is 0 Å². The number of nitrogens with one attached hydrogen (secondary N) is 2. The molecule has 5 heteroatoms. The summed E-state index contributed by atoms with van der Waals surface area (Å²) in [7, 11) is 1.60. The molecule has 0 aromatic heterocycles. The molecule has 1 saturated heterocycles. The normalized spacial score (nSPS) is 15.0. The maximum absolute atomic E-state index is 12.6. The first-order chi connectivity index (χ1) is 13.6. The molecule has 148 valence electrons. The van der Waals surface area contributed by atoms with Crippen LogP contribution in [0.3, 0.4) is 0 Å². The van der Waals surface area contributed by atoms with E-state index in [9.17, 15) is 9.59 Å². The van der Waals surface area contributed by atoms with Gasteiger partial charge < -0.3 is 15.5 Å². The zero-order valence-corrected chi connectivity index (χ0v) is 16.7. The molecule has 0 bridgehead atoms. The van der Waals surface area contributed by atoms with Gasteiger partial charge in [0.15, 0.2) is 0 Å². The Morgan fingerprint density at radius 2 is 1.68 bits per heavy atom. The lowest BCUT2D eigenvalue weighted by atomic mass is 10.0. The summed E-state index contributed by atoms with van der Waals surface area (Å²) in [6, 6.07) is 15.4. The number of rotatable bonds is 6. The summed E-state index contributed by atoms with van der Waals surface area (Å²) in [4.78, 5) is 26.6. The van der Waals surface area contributed by atoms with E-state index in [4.69, 9.17) is 0 Å². The molecular weight excluding hydrogens is 350 g/mol. The number of amides is 2. The second-order valence-corrected chi connectivity index (χ2v) is 7.35. The van der Waals surface area contributed by atoms with Crippen LogP contribution in [0.15, 0.2) is 48.5 Å². The molecule has 3 rings (SSSR count). The second-order valence-electron chi connectivity index (χ2n) is 7.35. The lowest BCUT2D eigenvalue weighted by molar-refractivity contribution is -0.121. The van der Waals surface area contributed by atoms with Crippen LogP contribution in [-0.4, -0.2) is 32.0 Å². The van der Waals surface area contributed by atoms with Crippen LogP contribution in [0, 0.1) is 0 Å². The summed E-state index contributed by atoms with van der Waals surface area (Å²) in [6.45, 7) is 4.19. The number of hydrogen-bond acceptors (Lipinski definition) is 3. The Hall–Kier alpha value is -2.82. The van der Waals surface area contributed by atoms with Crippen molar-refractivity contribution in [1.82, 2.24) is 10.6 Å². The lowest BCUT2D eigenvalue weighted by Gasteiger charge is -2.32. The van der Waals surface area contributed by atoms with Crippen molar-refractivity contribution in [2.45, 2.75) is 38.6 Å². The molecule has 2 N–H and O–H groups in total. The van der Waals surface area contributed by atoms with Crippen LogP contribution in [0.25, 0.3) is 0 Å². The Balaban J connectivity index is 1.64. The van der Waals surface area contributed by atoms with Crippen molar-refractivity contribution in [3.63, 3.8) is 0 Å². The summed E-state index contributed by atoms with van der Waals surface area (Å²) < 4.78 is 0. The first-order valence-electron chi connectivity index (χ1n) is 10.0. The number of anilines is 1. The van der Waals surface area contributed by atoms with Gasteiger partial charge in [-0.25, -0.2) is 0 Å². The van der Waals surface area contributed by atoms with Crippen LogP contribution in [0.4, 0.5) is 5.69 Å². The maximum atomic E-state index is 12.6. The van der Waals surface area contributed by atoms with Gasteiger partial charge >= 0.3 is 0 Å². The number of carbonyl (C=O) groups is 2. The molecule has 2 aromatic carbocycles. The van der Waals surface area contributed by atoms with Gasteiger partial charge in [0.1, 0.15) is 0 Å². The molecule has 1 aliphatic heterocycles. The molecule has 0 radical (unpaired) electrons. The van der Waals surface area contributed by atoms with Crippen LogP contribution in [-0.2, 0) is 11.2 Å². The average Bonchev–Trinajstić information content (AvgIpc) is 2.74. The van der Waals surface area contributed by atoms with Crippen LogP contribution in [0.1, 0.15) is 53.7 Å². The fraction of sp³-hybridized carbons (Fsp3) is 0.391. The molecule has 1 unspecified atom stereocenters. The molecule has 0 saturated carbocycles. The van der Waals surface area contributed by atoms with E-state index in [0.29, 0.717) is 12.0 Å². The highest BCUT2D eigenvalue weighted by Gasteiger charge is 2.18. The van der Waals surface area contributed by atoms with Gasteiger partial charge in [-0.05, 0) is 55.5 Å². The van der Waals surface area contributed by atoms with Crippen LogP contribution < -0.4 is 15.5 Å². The SMILES string of the molecule is CNC(=O)c1ccc(CC(=O)NC(C)c2ccccc2N2CCCCC2)cc1. The van der Waals surface area contributed by atoms with Crippen molar-refractivity contribution >= 4 is 17.5 Å². The number of piperidine rings is 1. The smallest absolute Gasteiger partial charge is 0.251 e. The van der Waals surface area contributed by atoms with Crippen molar-refractivity contribution in [3.8, 4) is 0 Å². The molecule has 5 nitrogen and oxygen atoms in total. The minimum Gasteiger partial charge on any atom is -0.371 e. The zero-order chi connectivity index (χ0) is 19.9. The monoisotopic (exact) mass is 379 g/mol. The van der Waals surface area contributed by atoms with Crippen molar-refractivity contribution in [2.75, 3.05) is 25.0 Å². The lowest BCUT2D eigenvalue weighted by Crippen LogP contribution is -2.33. The first kappa shape index (κ1) is 19.9. The van der Waals surface area contributed by atoms with E-state index < -0.39 is 0 Å². The van der Waals surface area contributed by atoms with Crippen LogP contribution >= 0.6 is 0 Å². The third-order valence-corrected chi connectivity index (χ3v) is 5.29. The minimum atomic E-state index is -0.126. The fourth-order valence-corrected chi connectivity index (χ4v) is 3.75. The molecule has 0 aliphatic carbocycles. The highest BCUT2D eigenvalue weighted by Crippen LogP contribution is 2.28. The van der Waals surface area contributed by atoms with Gasteiger partial charge in [0, 0.05) is 31.4 Å². The Labute approximate surface area is 167 Å². The van der Waals surface area contributed by atoms with E-state index in [1.54, 1.807) is 19.2 Å². The highest BCUT2D eigenvalue weighted by molar-refractivity contribution is 5.94. The first-order valence-corrected chi connectivity index (χ1v) is 10.0. The van der Waals surface area contributed by atoms with Crippen molar-refractivity contribution in [2.24, 2.45) is 0 Å². The molecule has 1 fully saturated rings. The second kappa shape index (κ2) is 9.40. The predicted molar refractivity (Wildman–Crippen MR) is 113 cm³/mol. The summed E-state index contributed by atoms with van der Waals surface area (Å²) in [6.07, 6.45) is 4.04. The van der Waals surface area contributed by atoms with Gasteiger partial charge in [-0.1, -0.05) is 30.3 Å². The molecule has 2 amide bonds. The summed E-state index contributed by atoms with van der Waals surface area (Å²) in [5.74, 6) is -0.146. The maximum Gasteiger partial charge on any atom is 0.251 e. The van der Waals surface area contributed by atoms with Gasteiger partial charge in [0.05, 0.1) is 12.5 Å². The summed E-state index contributed by atoms with van der Waals surface area (Å²) in [5.41, 5.74) is 3.87. The van der Waals surface area contributed by atoms with Crippen molar-refractivity contribution < 1.29 is 9.59 Å². The topological polar surface area (TPSA) is 61.4 Å². The zero-order valence-electron chi connectivity index (χ0n) is 16.7. The number of nitrogens with zero attached hydrogens (tertiary/aromatic N) is 1. The average molecular weight is 380 g/mol. The van der Waals surface area contributed by atoms with Gasteiger partial charge in [0.25, 0.3) is 5.91 Å². The number of para-hydroxylation sites is 1. The minimum absolute atomic E-state index is 0.0198. The number of carbonyl (C=O) groups excluding carboxylic acids is 2. The third kappa shape index (κ3) is 4.91. The van der Waals surface area contributed by atoms with Gasteiger partial charge in [0.2, 0.25) is 5.91 Å². The van der Waals surface area contributed by atoms with E-state index in [-0.39, 0.29) is 17.9 Å². The molecule has 1 atom stereocenters. The van der Waals surface area contributed by atoms with Gasteiger partial charge in [-0.15, -0.1) is 0 Å². The van der Waals surface area contributed by atoms with Crippen LogP contribution in [0.2, 0.25) is 0 Å². The molecule has 1 heterocycles. The highest BCUT2D eigenvalue weighted by atomic mass is 16.2. The van der Waals surface area contributed by atoms with E-state index in [1.165, 1.54) is 24.9 Å². The molecular formula is C23H29N3O2. The Morgan fingerprint density at radius 3 is 2.36 bits per heavy atom. The summed E-state index contributed by atoms with van der Waals surface area (Å²) in [5, 5.41) is 5.72. The summed E-state index contributed by atoms with van der Waals surface area (Å²) >= 11 is 0. The largest absolute Gasteiger partial charge is 0.371 e. The van der Waals surface area contributed by atoms with Gasteiger partial charge in [-0.3, -0.25) is 9.59 Å². The van der Waals surface area contributed by atoms with Crippen molar-refractivity contribution in [1.29, 1.82) is 0 Å². The third-order valence-electron chi connectivity index (χ3n) is 5.29. The number of hydrogen-bond donors (Lipinski definition) is 2. The van der Waals surface area contributed by atoms with Gasteiger partial charge in [-0.2, -0.15) is 0 Å². The standard InChI is InChI=1S/C23H29N3O2/c1-17(20-8-4-5-9-21(20)26-14-6-3-7-15-26)25-22(27)16-18-10-12-19(13-11-18)23(28)24-2/h4-5,8-13,17H,3,6-7,14-16H2,1-2H3,(H,24,28)(H,25,27). The molecule has 2 aromatic rings. The Morgan fingerprint density at radius 1 is 1.00 bits per heavy atom. The molecule has 1 aliphatic rings. The number of benzene rings is 2. The quantitative estimate of drug-likeness (QED) is 0.808. The Kier molecular flexibility index (Phi) is 6.69. The predicted octanol–water partition coefficient (Wildman–Crippen LogP) is 3.46. The van der Waals surface area contributed by atoms with E-state index in [1.807, 2.05) is 25.1 Å². The molecule has 0 spiro atoms. The van der Waals surface area contributed by atoms with Crippen LogP contribution in [0.5, 0.6) is 0 Å². The van der Waals surface area contributed by atoms with E-state index in [0.717, 1.165) is 24.2 Å².